The molecule has 0 aromatic heterocycles. The van der Waals surface area contributed by atoms with Gasteiger partial charge in [0.05, 0.1) is 12.5 Å². The van der Waals surface area contributed by atoms with E-state index in [2.05, 4.69) is 5.32 Å². The van der Waals surface area contributed by atoms with Gasteiger partial charge < -0.3 is 16.0 Å². The zero-order valence-electron chi connectivity index (χ0n) is 10.2. The molecule has 2 amide bonds. The molecule has 17 heavy (non-hydrogen) atoms. The minimum Gasteiger partial charge on any atom is -0.369 e. The fraction of sp³-hybridized carbons (Fsp3) is 0.833. The van der Waals surface area contributed by atoms with Gasteiger partial charge in [-0.05, 0) is 19.3 Å². The van der Waals surface area contributed by atoms with Crippen molar-refractivity contribution in [3.63, 3.8) is 0 Å². The number of nitrogens with one attached hydrogen (secondary N) is 1. The molecule has 5 heteroatoms. The van der Waals surface area contributed by atoms with Gasteiger partial charge in [0.15, 0.2) is 0 Å². The normalized spacial score (nSPS) is 25.4. The molecule has 3 N–H and O–H groups in total. The second-order valence-electron chi connectivity index (χ2n) is 5.09. The van der Waals surface area contributed by atoms with E-state index in [4.69, 9.17) is 5.73 Å². The second kappa shape index (κ2) is 5.49. The van der Waals surface area contributed by atoms with E-state index in [1.165, 1.54) is 25.7 Å². The van der Waals surface area contributed by atoms with Crippen LogP contribution in [0.25, 0.3) is 0 Å². The third kappa shape index (κ3) is 3.19. The van der Waals surface area contributed by atoms with Crippen LogP contribution in [0, 0.1) is 5.92 Å². The van der Waals surface area contributed by atoms with Crippen molar-refractivity contribution in [1.29, 1.82) is 0 Å². The molecule has 96 valence electrons. The van der Waals surface area contributed by atoms with Crippen molar-refractivity contribution in [2.24, 2.45) is 11.7 Å². The van der Waals surface area contributed by atoms with Crippen molar-refractivity contribution in [2.75, 3.05) is 19.6 Å². The first kappa shape index (κ1) is 12.4. The van der Waals surface area contributed by atoms with Crippen molar-refractivity contribution in [2.45, 2.75) is 38.1 Å². The van der Waals surface area contributed by atoms with Gasteiger partial charge in [-0.15, -0.1) is 0 Å². The molecule has 0 radical (unpaired) electrons. The van der Waals surface area contributed by atoms with Crippen molar-refractivity contribution in [3.05, 3.63) is 0 Å². The lowest BCUT2D eigenvalue weighted by molar-refractivity contribution is -0.129. The van der Waals surface area contributed by atoms with Crippen molar-refractivity contribution < 1.29 is 9.59 Å². The number of likely N-dealkylation sites (tertiary alicyclic amines) is 1. The van der Waals surface area contributed by atoms with Crippen LogP contribution in [0.2, 0.25) is 0 Å². The lowest BCUT2D eigenvalue weighted by Gasteiger charge is -2.18. The van der Waals surface area contributed by atoms with Gasteiger partial charge in [-0.1, -0.05) is 12.8 Å². The van der Waals surface area contributed by atoms with Crippen LogP contribution >= 0.6 is 0 Å². The van der Waals surface area contributed by atoms with Gasteiger partial charge in [-0.25, -0.2) is 0 Å². The van der Waals surface area contributed by atoms with E-state index in [9.17, 15) is 9.59 Å². The molecule has 1 heterocycles. The monoisotopic (exact) mass is 239 g/mol. The Hall–Kier alpha value is -1.10. The summed E-state index contributed by atoms with van der Waals surface area (Å²) in [6.07, 6.45) is 5.59. The van der Waals surface area contributed by atoms with Gasteiger partial charge in [-0.2, -0.15) is 0 Å². The number of hydrogen-bond donors (Lipinski definition) is 2. The summed E-state index contributed by atoms with van der Waals surface area (Å²) in [4.78, 5) is 24.6. The van der Waals surface area contributed by atoms with E-state index in [0.29, 0.717) is 32.1 Å². The van der Waals surface area contributed by atoms with Crippen molar-refractivity contribution >= 4 is 11.8 Å². The van der Waals surface area contributed by atoms with Gasteiger partial charge in [0.2, 0.25) is 11.8 Å². The van der Waals surface area contributed by atoms with Crippen molar-refractivity contribution in [1.82, 2.24) is 10.2 Å². The van der Waals surface area contributed by atoms with Gasteiger partial charge >= 0.3 is 0 Å². The Bertz CT molecular complexity index is 300. The molecular formula is C12H21N3O2. The number of rotatable bonds is 4. The van der Waals surface area contributed by atoms with E-state index in [1.54, 1.807) is 4.90 Å². The molecule has 2 aliphatic rings. The largest absolute Gasteiger partial charge is 0.369 e. The van der Waals surface area contributed by atoms with Crippen LogP contribution in [0.3, 0.4) is 0 Å². The maximum Gasteiger partial charge on any atom is 0.236 e. The molecule has 1 atom stereocenters. The number of carbonyl (C=O) groups is 2. The summed E-state index contributed by atoms with van der Waals surface area (Å²) in [5.41, 5.74) is 5.24. The quantitative estimate of drug-likeness (QED) is 0.716. The average Bonchev–Trinajstić information content (AvgIpc) is 2.96. The maximum atomic E-state index is 11.9. The minimum absolute atomic E-state index is 0.0978. The summed E-state index contributed by atoms with van der Waals surface area (Å²) in [6, 6.07) is 0.508. The van der Waals surface area contributed by atoms with Gasteiger partial charge in [0.1, 0.15) is 0 Å². The molecule has 5 nitrogen and oxygen atoms in total. The highest BCUT2D eigenvalue weighted by Gasteiger charge is 2.29. The van der Waals surface area contributed by atoms with Crippen LogP contribution in [0.1, 0.15) is 32.1 Å². The fourth-order valence-electron chi connectivity index (χ4n) is 2.69. The predicted octanol–water partition coefficient (Wildman–Crippen LogP) is -0.148. The molecule has 2 rings (SSSR count). The predicted molar refractivity (Wildman–Crippen MR) is 64.1 cm³/mol. The van der Waals surface area contributed by atoms with Crippen molar-refractivity contribution in [3.8, 4) is 0 Å². The summed E-state index contributed by atoms with van der Waals surface area (Å²) in [5.74, 6) is -0.338. The van der Waals surface area contributed by atoms with Crippen LogP contribution < -0.4 is 11.1 Å². The molecule has 2 fully saturated rings. The standard InChI is InChI=1S/C12H21N3O2/c13-12(17)9-5-6-15(8-9)11(16)7-14-10-3-1-2-4-10/h9-10,14H,1-8H2,(H2,13,17). The molecule has 0 spiro atoms. The number of amides is 2. The number of carbonyl (C=O) groups excluding carboxylic acids is 2. The Kier molecular flexibility index (Phi) is 3.99. The molecule has 0 aromatic rings. The Morgan fingerprint density at radius 1 is 1.24 bits per heavy atom. The molecular weight excluding hydrogens is 218 g/mol. The molecule has 1 aliphatic carbocycles. The highest BCUT2D eigenvalue weighted by molar-refractivity contribution is 5.82. The lowest BCUT2D eigenvalue weighted by Crippen LogP contribution is -2.40. The van der Waals surface area contributed by atoms with E-state index in [1.807, 2.05) is 0 Å². The highest BCUT2D eigenvalue weighted by Crippen LogP contribution is 2.18. The number of nitrogens with two attached hydrogens (primary N) is 1. The molecule has 1 unspecified atom stereocenters. The van der Waals surface area contributed by atoms with Crippen LogP contribution in [0.5, 0.6) is 0 Å². The summed E-state index contributed by atoms with van der Waals surface area (Å²) >= 11 is 0. The van der Waals surface area contributed by atoms with Crippen LogP contribution in [0.4, 0.5) is 0 Å². The van der Waals surface area contributed by atoms with Gasteiger partial charge in [0, 0.05) is 19.1 Å². The number of primary amides is 1. The van der Waals surface area contributed by atoms with Gasteiger partial charge in [-0.3, -0.25) is 9.59 Å². The zero-order valence-corrected chi connectivity index (χ0v) is 10.2. The summed E-state index contributed by atoms with van der Waals surface area (Å²) in [5, 5.41) is 3.29. The van der Waals surface area contributed by atoms with E-state index >= 15 is 0 Å². The van der Waals surface area contributed by atoms with Crippen LogP contribution in [-0.2, 0) is 9.59 Å². The average molecular weight is 239 g/mol. The summed E-state index contributed by atoms with van der Waals surface area (Å²) in [6.45, 7) is 1.56. The number of hydrogen-bond acceptors (Lipinski definition) is 3. The van der Waals surface area contributed by atoms with E-state index in [-0.39, 0.29) is 17.7 Å². The molecule has 1 saturated carbocycles. The maximum absolute atomic E-state index is 11.9. The molecule has 0 aromatic carbocycles. The van der Waals surface area contributed by atoms with E-state index < -0.39 is 0 Å². The topological polar surface area (TPSA) is 75.4 Å². The molecule has 1 saturated heterocycles. The van der Waals surface area contributed by atoms with Gasteiger partial charge in [0.25, 0.3) is 0 Å². The van der Waals surface area contributed by atoms with Crippen LogP contribution in [-0.4, -0.2) is 42.4 Å². The summed E-state index contributed by atoms with van der Waals surface area (Å²) in [7, 11) is 0. The Balaban J connectivity index is 1.71. The van der Waals surface area contributed by atoms with E-state index in [0.717, 1.165) is 0 Å². The first-order valence-corrected chi connectivity index (χ1v) is 6.47. The second-order valence-corrected chi connectivity index (χ2v) is 5.09. The first-order chi connectivity index (χ1) is 8.16. The number of nitrogens with zero attached hydrogens (tertiary/aromatic N) is 1. The lowest BCUT2D eigenvalue weighted by atomic mass is 10.1. The Morgan fingerprint density at radius 2 is 1.94 bits per heavy atom. The SMILES string of the molecule is NC(=O)C1CCN(C(=O)CNC2CCCC2)C1. The Labute approximate surface area is 102 Å². The Morgan fingerprint density at radius 3 is 2.53 bits per heavy atom. The first-order valence-electron chi connectivity index (χ1n) is 6.47. The summed E-state index contributed by atoms with van der Waals surface area (Å²) < 4.78 is 0. The van der Waals surface area contributed by atoms with Crippen LogP contribution in [0.15, 0.2) is 0 Å². The third-order valence-corrected chi connectivity index (χ3v) is 3.84. The molecule has 1 aliphatic heterocycles. The molecule has 0 bridgehead atoms. The zero-order chi connectivity index (χ0) is 12.3. The minimum atomic E-state index is -0.288. The smallest absolute Gasteiger partial charge is 0.236 e. The fourth-order valence-corrected chi connectivity index (χ4v) is 2.69. The highest BCUT2D eigenvalue weighted by atomic mass is 16.2. The third-order valence-electron chi connectivity index (χ3n) is 3.84.